The van der Waals surface area contributed by atoms with E-state index >= 15 is 0 Å². The number of ketones is 1. The zero-order valence-electron chi connectivity index (χ0n) is 8.68. The molecule has 88 valence electrons. The Bertz CT molecular complexity index is 464. The van der Waals surface area contributed by atoms with Crippen LogP contribution in [-0.4, -0.2) is 38.3 Å². The van der Waals surface area contributed by atoms with Crippen molar-refractivity contribution < 1.29 is 13.2 Å². The molecule has 1 N–H and O–H groups in total. The highest BCUT2D eigenvalue weighted by molar-refractivity contribution is 7.91. The monoisotopic (exact) mass is 259 g/mol. The fourth-order valence-electron chi connectivity index (χ4n) is 1.76. The van der Waals surface area contributed by atoms with Gasteiger partial charge in [-0.05, 0) is 11.4 Å². The van der Waals surface area contributed by atoms with Gasteiger partial charge in [-0.15, -0.1) is 0 Å². The van der Waals surface area contributed by atoms with Gasteiger partial charge in [0.2, 0.25) is 0 Å². The molecule has 0 spiro atoms. The zero-order valence-corrected chi connectivity index (χ0v) is 10.3. The standard InChI is InChI=1S/C10H13NO3S2/c12-10(8-1-3-15-6-8)5-9-7-16(13,14)4-2-11-9/h1,3,6,9,11H,2,4-5,7H2. The van der Waals surface area contributed by atoms with Crippen LogP contribution in [-0.2, 0) is 9.84 Å². The van der Waals surface area contributed by atoms with E-state index in [9.17, 15) is 13.2 Å². The van der Waals surface area contributed by atoms with Crippen LogP contribution in [0.4, 0.5) is 0 Å². The number of hydrogen-bond donors (Lipinski definition) is 1. The van der Waals surface area contributed by atoms with Gasteiger partial charge in [-0.3, -0.25) is 4.79 Å². The van der Waals surface area contributed by atoms with Gasteiger partial charge in [-0.2, -0.15) is 11.3 Å². The van der Waals surface area contributed by atoms with E-state index in [2.05, 4.69) is 5.32 Å². The molecule has 0 aliphatic carbocycles. The fraction of sp³-hybridized carbons (Fsp3) is 0.500. The molecule has 2 heterocycles. The van der Waals surface area contributed by atoms with E-state index in [4.69, 9.17) is 0 Å². The predicted molar refractivity (Wildman–Crippen MR) is 63.7 cm³/mol. The minimum atomic E-state index is -2.96. The molecule has 0 saturated carbocycles. The molecule has 0 radical (unpaired) electrons. The molecular weight excluding hydrogens is 246 g/mol. The van der Waals surface area contributed by atoms with E-state index in [1.54, 1.807) is 11.4 Å². The highest BCUT2D eigenvalue weighted by Gasteiger charge is 2.26. The molecule has 0 aromatic carbocycles. The summed E-state index contributed by atoms with van der Waals surface area (Å²) in [5, 5.41) is 6.71. The van der Waals surface area contributed by atoms with Crippen molar-refractivity contribution in [2.24, 2.45) is 0 Å². The molecule has 1 saturated heterocycles. The number of nitrogens with one attached hydrogen (secondary N) is 1. The Morgan fingerprint density at radius 1 is 1.56 bits per heavy atom. The van der Waals surface area contributed by atoms with Gasteiger partial charge in [0.05, 0.1) is 11.5 Å². The minimum Gasteiger partial charge on any atom is -0.312 e. The topological polar surface area (TPSA) is 63.2 Å². The summed E-state index contributed by atoms with van der Waals surface area (Å²) in [5.74, 6) is 0.259. The number of hydrogen-bond acceptors (Lipinski definition) is 5. The summed E-state index contributed by atoms with van der Waals surface area (Å²) in [5.41, 5.74) is 0.676. The van der Waals surface area contributed by atoms with Gasteiger partial charge in [-0.25, -0.2) is 8.42 Å². The quantitative estimate of drug-likeness (QED) is 0.812. The third-order valence-corrected chi connectivity index (χ3v) is 5.00. The van der Waals surface area contributed by atoms with Gasteiger partial charge < -0.3 is 5.32 Å². The molecule has 2 rings (SSSR count). The first-order chi connectivity index (χ1) is 7.57. The van der Waals surface area contributed by atoms with Gasteiger partial charge in [0, 0.05) is 30.0 Å². The van der Waals surface area contributed by atoms with Crippen molar-refractivity contribution >= 4 is 27.0 Å². The Balaban J connectivity index is 1.98. The van der Waals surface area contributed by atoms with E-state index in [1.165, 1.54) is 11.3 Å². The summed E-state index contributed by atoms with van der Waals surface area (Å²) in [7, 11) is -2.96. The molecule has 1 unspecified atom stereocenters. The summed E-state index contributed by atoms with van der Waals surface area (Å²) < 4.78 is 22.8. The summed E-state index contributed by atoms with van der Waals surface area (Å²) in [4.78, 5) is 11.8. The largest absolute Gasteiger partial charge is 0.312 e. The molecular formula is C10H13NO3S2. The third-order valence-electron chi connectivity index (χ3n) is 2.58. The molecule has 1 aromatic heterocycles. The van der Waals surface area contributed by atoms with E-state index in [-0.39, 0.29) is 29.8 Å². The smallest absolute Gasteiger partial charge is 0.165 e. The van der Waals surface area contributed by atoms with Gasteiger partial charge >= 0.3 is 0 Å². The van der Waals surface area contributed by atoms with Gasteiger partial charge in [-0.1, -0.05) is 0 Å². The number of sulfone groups is 1. The van der Waals surface area contributed by atoms with Crippen molar-refractivity contribution in [3.8, 4) is 0 Å². The average molecular weight is 259 g/mol. The number of carbonyl (C=O) groups is 1. The van der Waals surface area contributed by atoms with Crippen molar-refractivity contribution in [2.75, 3.05) is 18.1 Å². The Hall–Kier alpha value is -0.720. The van der Waals surface area contributed by atoms with E-state index in [1.807, 2.05) is 5.38 Å². The molecule has 1 aliphatic rings. The van der Waals surface area contributed by atoms with E-state index < -0.39 is 9.84 Å². The first-order valence-electron chi connectivity index (χ1n) is 5.06. The van der Waals surface area contributed by atoms with Gasteiger partial charge in [0.1, 0.15) is 0 Å². The van der Waals surface area contributed by atoms with Gasteiger partial charge in [0.15, 0.2) is 15.6 Å². The maximum absolute atomic E-state index is 11.8. The maximum Gasteiger partial charge on any atom is 0.165 e. The zero-order chi connectivity index (χ0) is 11.6. The van der Waals surface area contributed by atoms with E-state index in [0.29, 0.717) is 12.1 Å². The van der Waals surface area contributed by atoms with Crippen molar-refractivity contribution in [1.82, 2.24) is 5.32 Å². The molecule has 1 atom stereocenters. The molecule has 0 bridgehead atoms. The SMILES string of the molecule is O=C(CC1CS(=O)(=O)CCN1)c1ccsc1. The van der Waals surface area contributed by atoms with Crippen molar-refractivity contribution in [1.29, 1.82) is 0 Å². The highest BCUT2D eigenvalue weighted by atomic mass is 32.2. The Labute approximate surface area is 98.6 Å². The van der Waals surface area contributed by atoms with Crippen LogP contribution in [0.15, 0.2) is 16.8 Å². The van der Waals surface area contributed by atoms with Crippen LogP contribution in [0.3, 0.4) is 0 Å². The Kier molecular flexibility index (Phi) is 3.41. The second kappa shape index (κ2) is 4.65. The maximum atomic E-state index is 11.8. The molecule has 0 amide bonds. The summed E-state index contributed by atoms with van der Waals surface area (Å²) in [6, 6.07) is 1.54. The van der Waals surface area contributed by atoms with Crippen LogP contribution in [0.25, 0.3) is 0 Å². The first-order valence-corrected chi connectivity index (χ1v) is 7.82. The number of Topliss-reactive ketones (excluding diaryl/α,β-unsaturated/α-hetero) is 1. The summed E-state index contributed by atoms with van der Waals surface area (Å²) >= 11 is 1.47. The van der Waals surface area contributed by atoms with Gasteiger partial charge in [0.25, 0.3) is 0 Å². The van der Waals surface area contributed by atoms with Crippen LogP contribution >= 0.6 is 11.3 Å². The van der Waals surface area contributed by atoms with Crippen LogP contribution in [0.5, 0.6) is 0 Å². The second-order valence-electron chi connectivity index (χ2n) is 3.90. The molecule has 4 nitrogen and oxygen atoms in total. The Morgan fingerprint density at radius 2 is 2.38 bits per heavy atom. The van der Waals surface area contributed by atoms with Crippen molar-refractivity contribution in [2.45, 2.75) is 12.5 Å². The number of rotatable bonds is 3. The molecule has 6 heteroatoms. The highest BCUT2D eigenvalue weighted by Crippen LogP contribution is 2.12. The predicted octanol–water partition coefficient (Wildman–Crippen LogP) is 0.708. The lowest BCUT2D eigenvalue weighted by Crippen LogP contribution is -2.45. The fourth-order valence-corrected chi connectivity index (χ4v) is 3.87. The molecule has 1 fully saturated rings. The summed E-state index contributed by atoms with van der Waals surface area (Å²) in [6.07, 6.45) is 0.260. The van der Waals surface area contributed by atoms with Crippen LogP contribution in [0.1, 0.15) is 16.8 Å². The van der Waals surface area contributed by atoms with E-state index in [0.717, 1.165) is 0 Å². The lowest BCUT2D eigenvalue weighted by Gasteiger charge is -2.22. The Morgan fingerprint density at radius 3 is 3.00 bits per heavy atom. The normalized spacial score (nSPS) is 24.1. The molecule has 1 aromatic rings. The molecule has 16 heavy (non-hydrogen) atoms. The van der Waals surface area contributed by atoms with Crippen LogP contribution in [0, 0.1) is 0 Å². The molecule has 1 aliphatic heterocycles. The minimum absolute atomic E-state index is 0.0100. The lowest BCUT2D eigenvalue weighted by molar-refractivity contribution is 0.0972. The van der Waals surface area contributed by atoms with Crippen LogP contribution < -0.4 is 5.32 Å². The van der Waals surface area contributed by atoms with Crippen molar-refractivity contribution in [3.05, 3.63) is 22.4 Å². The lowest BCUT2D eigenvalue weighted by atomic mass is 10.1. The van der Waals surface area contributed by atoms with Crippen molar-refractivity contribution in [3.63, 3.8) is 0 Å². The second-order valence-corrected chi connectivity index (χ2v) is 6.91. The number of thiophene rings is 1. The number of carbonyl (C=O) groups excluding carboxylic acids is 1. The third kappa shape index (κ3) is 2.90. The summed E-state index contributed by atoms with van der Waals surface area (Å²) in [6.45, 7) is 0.448. The first kappa shape index (κ1) is 11.8. The van der Waals surface area contributed by atoms with Crippen LogP contribution in [0.2, 0.25) is 0 Å². The average Bonchev–Trinajstić information content (AvgIpc) is 2.68.